The monoisotopic (exact) mass is 294 g/mol. The van der Waals surface area contributed by atoms with Crippen LogP contribution in [0.1, 0.15) is 25.8 Å². The van der Waals surface area contributed by atoms with E-state index in [1.54, 1.807) is 14.0 Å². The predicted octanol–water partition coefficient (Wildman–Crippen LogP) is 2.06. The molecule has 0 saturated carbocycles. The maximum absolute atomic E-state index is 12.1. The number of nitrogens with one attached hydrogen (secondary N) is 1. The Bertz CT molecular complexity index is 491. The summed E-state index contributed by atoms with van der Waals surface area (Å²) in [6.45, 7) is 4.22. The quantitative estimate of drug-likeness (QED) is 0.756. The van der Waals surface area contributed by atoms with Crippen molar-refractivity contribution >= 4 is 23.1 Å². The minimum absolute atomic E-state index is 0.115. The number of nitrogens with two attached hydrogens (primary N) is 1. The second-order valence-corrected chi connectivity index (χ2v) is 5.35. The van der Waals surface area contributed by atoms with Gasteiger partial charge in [-0.2, -0.15) is 0 Å². The minimum atomic E-state index is -0.774. The lowest BCUT2D eigenvalue weighted by molar-refractivity contribution is -0.126. The van der Waals surface area contributed by atoms with Gasteiger partial charge in [-0.05, 0) is 37.5 Å². The Balaban J connectivity index is 2.55. The zero-order valence-electron chi connectivity index (χ0n) is 12.2. The lowest BCUT2D eigenvalue weighted by Gasteiger charge is -2.25. The molecule has 0 bridgehead atoms. The molecular formula is C15H22N2O2S. The highest BCUT2D eigenvalue weighted by molar-refractivity contribution is 7.80. The second-order valence-electron chi connectivity index (χ2n) is 4.91. The Hall–Kier alpha value is -1.62. The molecular weight excluding hydrogens is 272 g/mol. The first-order valence-electron chi connectivity index (χ1n) is 6.65. The van der Waals surface area contributed by atoms with Crippen molar-refractivity contribution in [1.29, 1.82) is 0 Å². The number of amides is 1. The van der Waals surface area contributed by atoms with Gasteiger partial charge in [0, 0.05) is 6.54 Å². The number of thiocarbonyl (C=S) groups is 1. The fourth-order valence-corrected chi connectivity index (χ4v) is 2.03. The average Bonchev–Trinajstić information content (AvgIpc) is 2.46. The van der Waals surface area contributed by atoms with Crippen molar-refractivity contribution in [3.8, 4) is 5.75 Å². The van der Waals surface area contributed by atoms with E-state index in [1.807, 2.05) is 31.2 Å². The van der Waals surface area contributed by atoms with Crippen molar-refractivity contribution in [2.75, 3.05) is 13.7 Å². The van der Waals surface area contributed by atoms with Crippen molar-refractivity contribution in [2.45, 2.75) is 26.7 Å². The Kier molecular flexibility index (Phi) is 5.95. The Morgan fingerprint density at radius 2 is 2.20 bits per heavy atom. The molecule has 1 unspecified atom stereocenters. The number of carbonyl (C=O) groups excluding carboxylic acids is 1. The van der Waals surface area contributed by atoms with Crippen molar-refractivity contribution in [3.05, 3.63) is 29.8 Å². The van der Waals surface area contributed by atoms with Crippen LogP contribution in [0.5, 0.6) is 5.75 Å². The summed E-state index contributed by atoms with van der Waals surface area (Å²) in [5, 5.41) is 2.89. The highest BCUT2D eigenvalue weighted by Gasteiger charge is 2.34. The lowest BCUT2D eigenvalue weighted by atomic mass is 9.86. The van der Waals surface area contributed by atoms with Gasteiger partial charge in [0.05, 0.1) is 17.5 Å². The van der Waals surface area contributed by atoms with E-state index in [9.17, 15) is 4.79 Å². The van der Waals surface area contributed by atoms with Gasteiger partial charge in [0.15, 0.2) is 0 Å². The van der Waals surface area contributed by atoms with Crippen LogP contribution in [0.25, 0.3) is 0 Å². The summed E-state index contributed by atoms with van der Waals surface area (Å²) in [6, 6.07) is 7.78. The van der Waals surface area contributed by atoms with Crippen LogP contribution in [0.4, 0.5) is 0 Å². The summed E-state index contributed by atoms with van der Waals surface area (Å²) in [4.78, 5) is 12.4. The van der Waals surface area contributed by atoms with Crippen molar-refractivity contribution in [2.24, 2.45) is 11.1 Å². The summed E-state index contributed by atoms with van der Waals surface area (Å²) >= 11 is 4.98. The Morgan fingerprint density at radius 1 is 1.50 bits per heavy atom. The molecule has 1 amide bonds. The molecule has 20 heavy (non-hydrogen) atoms. The molecule has 0 heterocycles. The molecule has 4 nitrogen and oxygen atoms in total. The van der Waals surface area contributed by atoms with E-state index < -0.39 is 5.41 Å². The highest BCUT2D eigenvalue weighted by Crippen LogP contribution is 2.21. The molecule has 3 N–H and O–H groups in total. The molecule has 0 aliphatic carbocycles. The average molecular weight is 294 g/mol. The van der Waals surface area contributed by atoms with Crippen LogP contribution in [-0.4, -0.2) is 24.6 Å². The number of hydrogen-bond donors (Lipinski definition) is 2. The maximum Gasteiger partial charge on any atom is 0.232 e. The molecule has 0 radical (unpaired) electrons. The molecule has 1 aromatic carbocycles. The summed E-state index contributed by atoms with van der Waals surface area (Å²) in [5.74, 6) is 0.700. The zero-order chi connectivity index (χ0) is 15.2. The Morgan fingerprint density at radius 3 is 2.75 bits per heavy atom. The van der Waals surface area contributed by atoms with Gasteiger partial charge in [-0.25, -0.2) is 0 Å². The summed E-state index contributed by atoms with van der Waals surface area (Å²) in [7, 11) is 1.63. The molecule has 1 aromatic rings. The zero-order valence-corrected chi connectivity index (χ0v) is 13.0. The van der Waals surface area contributed by atoms with Gasteiger partial charge >= 0.3 is 0 Å². The maximum atomic E-state index is 12.1. The number of benzene rings is 1. The van der Waals surface area contributed by atoms with Gasteiger partial charge in [0.1, 0.15) is 5.75 Å². The first kappa shape index (κ1) is 16.4. The number of carbonyl (C=O) groups is 1. The van der Waals surface area contributed by atoms with Crippen molar-refractivity contribution in [3.63, 3.8) is 0 Å². The molecule has 1 rings (SSSR count). The first-order chi connectivity index (χ1) is 9.43. The second kappa shape index (κ2) is 7.24. The molecule has 0 aliphatic rings. The van der Waals surface area contributed by atoms with Gasteiger partial charge in [-0.1, -0.05) is 31.3 Å². The summed E-state index contributed by atoms with van der Waals surface area (Å²) in [6.07, 6.45) is 1.33. The van der Waals surface area contributed by atoms with Crippen LogP contribution in [-0.2, 0) is 11.2 Å². The number of methoxy groups -OCH3 is 1. The smallest absolute Gasteiger partial charge is 0.232 e. The van der Waals surface area contributed by atoms with Crippen molar-refractivity contribution < 1.29 is 9.53 Å². The van der Waals surface area contributed by atoms with Crippen LogP contribution < -0.4 is 15.8 Å². The molecule has 0 saturated heterocycles. The van der Waals surface area contributed by atoms with Crippen LogP contribution in [0.15, 0.2) is 24.3 Å². The van der Waals surface area contributed by atoms with E-state index in [4.69, 9.17) is 22.7 Å². The largest absolute Gasteiger partial charge is 0.497 e. The molecule has 5 heteroatoms. The molecule has 0 spiro atoms. The summed E-state index contributed by atoms with van der Waals surface area (Å²) < 4.78 is 5.16. The molecule has 0 aliphatic heterocycles. The number of rotatable bonds is 7. The molecule has 1 atom stereocenters. The third-order valence-corrected chi connectivity index (χ3v) is 4.04. The van der Waals surface area contributed by atoms with Crippen LogP contribution in [0.2, 0.25) is 0 Å². The third kappa shape index (κ3) is 3.93. The lowest BCUT2D eigenvalue weighted by Crippen LogP contribution is -2.47. The normalized spacial score (nSPS) is 13.3. The van der Waals surface area contributed by atoms with E-state index in [0.717, 1.165) is 17.7 Å². The number of hydrogen-bond acceptors (Lipinski definition) is 3. The molecule has 110 valence electrons. The van der Waals surface area contributed by atoms with Crippen molar-refractivity contribution in [1.82, 2.24) is 5.32 Å². The first-order valence-corrected chi connectivity index (χ1v) is 7.06. The SMILES string of the molecule is CCC(C)(C(=O)NCCc1cccc(OC)c1)C(N)=S. The summed E-state index contributed by atoms with van der Waals surface area (Å²) in [5.41, 5.74) is 5.99. The predicted molar refractivity (Wildman–Crippen MR) is 84.9 cm³/mol. The van der Waals surface area contributed by atoms with E-state index in [-0.39, 0.29) is 10.9 Å². The van der Waals surface area contributed by atoms with E-state index in [1.165, 1.54) is 0 Å². The van der Waals surface area contributed by atoms with Crippen LogP contribution >= 0.6 is 12.2 Å². The number of ether oxygens (including phenoxy) is 1. The third-order valence-electron chi connectivity index (χ3n) is 3.59. The fourth-order valence-electron chi connectivity index (χ4n) is 1.79. The van der Waals surface area contributed by atoms with E-state index >= 15 is 0 Å². The highest BCUT2D eigenvalue weighted by atomic mass is 32.1. The Labute approximate surface area is 125 Å². The van der Waals surface area contributed by atoms with Crippen LogP contribution in [0, 0.1) is 5.41 Å². The molecule has 0 aromatic heterocycles. The van der Waals surface area contributed by atoms with Crippen LogP contribution in [0.3, 0.4) is 0 Å². The fraction of sp³-hybridized carbons (Fsp3) is 0.467. The topological polar surface area (TPSA) is 64.3 Å². The van der Waals surface area contributed by atoms with Gasteiger partial charge in [0.25, 0.3) is 0 Å². The van der Waals surface area contributed by atoms with Gasteiger partial charge < -0.3 is 15.8 Å². The standard InChI is InChI=1S/C15H22N2O2S/c1-4-15(2,13(16)20)14(18)17-9-8-11-6-5-7-12(10-11)19-3/h5-7,10H,4,8-9H2,1-3H3,(H2,16,20)(H,17,18). The van der Waals surface area contributed by atoms with Gasteiger partial charge in [-0.15, -0.1) is 0 Å². The van der Waals surface area contributed by atoms with Gasteiger partial charge in [0.2, 0.25) is 5.91 Å². The molecule has 0 fully saturated rings. The minimum Gasteiger partial charge on any atom is -0.497 e. The van der Waals surface area contributed by atoms with E-state index in [2.05, 4.69) is 5.32 Å². The van der Waals surface area contributed by atoms with E-state index in [0.29, 0.717) is 13.0 Å². The van der Waals surface area contributed by atoms with Gasteiger partial charge in [-0.3, -0.25) is 4.79 Å².